The van der Waals surface area contributed by atoms with Gasteiger partial charge < -0.3 is 25.2 Å². The van der Waals surface area contributed by atoms with Crippen molar-refractivity contribution in [2.45, 2.75) is 141 Å². The quantitative estimate of drug-likeness (QED) is 0.178. The molecule has 11 heteroatoms. The molecule has 4 amide bonds. The van der Waals surface area contributed by atoms with Crippen LogP contribution >= 0.6 is 11.8 Å². The van der Waals surface area contributed by atoms with Gasteiger partial charge in [-0.15, -0.1) is 11.8 Å². The molecule has 0 spiro atoms. The van der Waals surface area contributed by atoms with Gasteiger partial charge in [0, 0.05) is 49.7 Å². The Balaban J connectivity index is 2.26. The van der Waals surface area contributed by atoms with Gasteiger partial charge in [0.25, 0.3) is 0 Å². The number of carbonyl (C=O) groups is 4. The van der Waals surface area contributed by atoms with E-state index < -0.39 is 18.2 Å². The summed E-state index contributed by atoms with van der Waals surface area (Å²) < 4.78 is 5.98. The topological polar surface area (TPSA) is 111 Å². The molecule has 0 radical (unpaired) electrons. The largest absolute Gasteiger partial charge is 0.379 e. The van der Waals surface area contributed by atoms with Crippen molar-refractivity contribution in [3.8, 4) is 0 Å². The van der Waals surface area contributed by atoms with Gasteiger partial charge in [0.05, 0.1) is 24.6 Å². The minimum absolute atomic E-state index is 0.000754. The zero-order chi connectivity index (χ0) is 39.3. The second kappa shape index (κ2) is 21.3. The molecule has 0 bridgehead atoms. The molecule has 2 N–H and O–H groups in total. The van der Waals surface area contributed by atoms with E-state index in [9.17, 15) is 19.2 Å². The number of rotatable bonds is 20. The second-order valence-electron chi connectivity index (χ2n) is 16.5. The number of methoxy groups -OCH3 is 1. The number of thioether (sulfide) groups is 1. The first-order valence-corrected chi connectivity index (χ1v) is 20.2. The Morgan fingerprint density at radius 3 is 2.13 bits per heavy atom. The Morgan fingerprint density at radius 1 is 0.981 bits per heavy atom. The Hall–Kier alpha value is -2.63. The van der Waals surface area contributed by atoms with Crippen molar-refractivity contribution in [1.82, 2.24) is 25.3 Å². The van der Waals surface area contributed by atoms with Gasteiger partial charge in [-0.1, -0.05) is 99.1 Å². The first kappa shape index (κ1) is 45.5. The van der Waals surface area contributed by atoms with Gasteiger partial charge in [-0.05, 0) is 56.7 Å². The Labute approximate surface area is 319 Å². The van der Waals surface area contributed by atoms with E-state index in [-0.39, 0.29) is 69.9 Å². The minimum atomic E-state index is -0.726. The van der Waals surface area contributed by atoms with E-state index in [0.29, 0.717) is 19.5 Å². The highest BCUT2D eigenvalue weighted by Crippen LogP contribution is 2.37. The molecule has 1 aliphatic rings. The molecule has 52 heavy (non-hydrogen) atoms. The Kier molecular flexibility index (Phi) is 18.7. The van der Waals surface area contributed by atoms with Crippen LogP contribution in [0, 0.1) is 17.8 Å². The molecule has 0 aliphatic carbocycles. The van der Waals surface area contributed by atoms with E-state index in [2.05, 4.69) is 57.4 Å². The Bertz CT molecular complexity index is 1260. The summed E-state index contributed by atoms with van der Waals surface area (Å²) in [4.78, 5) is 60.8. The summed E-state index contributed by atoms with van der Waals surface area (Å²) >= 11 is 1.77. The van der Waals surface area contributed by atoms with Gasteiger partial charge in [-0.2, -0.15) is 0 Å². The van der Waals surface area contributed by atoms with Gasteiger partial charge in [0.2, 0.25) is 23.6 Å². The van der Waals surface area contributed by atoms with E-state index in [1.807, 2.05) is 69.8 Å². The summed E-state index contributed by atoms with van der Waals surface area (Å²) in [5.41, 5.74) is 1.18. The van der Waals surface area contributed by atoms with Crippen LogP contribution in [-0.2, 0) is 30.3 Å². The first-order valence-electron chi connectivity index (χ1n) is 19.4. The lowest BCUT2D eigenvalue weighted by Gasteiger charge is -2.41. The fourth-order valence-corrected chi connectivity index (χ4v) is 9.15. The number of likely N-dealkylation sites (tertiary alicyclic amines) is 1. The van der Waals surface area contributed by atoms with Gasteiger partial charge >= 0.3 is 0 Å². The van der Waals surface area contributed by atoms with Crippen molar-refractivity contribution >= 4 is 35.4 Å². The maximum Gasteiger partial charge on any atom is 0.245 e. The van der Waals surface area contributed by atoms with Crippen molar-refractivity contribution < 1.29 is 23.9 Å². The molecule has 1 aromatic carbocycles. The predicted octanol–water partition coefficient (Wildman–Crippen LogP) is 5.63. The van der Waals surface area contributed by atoms with E-state index >= 15 is 0 Å². The lowest BCUT2D eigenvalue weighted by atomic mass is 9.89. The maximum atomic E-state index is 14.3. The third kappa shape index (κ3) is 13.7. The molecule has 1 aromatic rings. The fourth-order valence-electron chi connectivity index (χ4n) is 7.57. The van der Waals surface area contributed by atoms with Gasteiger partial charge in [0.15, 0.2) is 0 Å². The molecule has 1 saturated heterocycles. The molecule has 0 aromatic heterocycles. The first-order chi connectivity index (χ1) is 24.3. The van der Waals surface area contributed by atoms with Crippen LogP contribution in [-0.4, -0.2) is 120 Å². The average Bonchev–Trinajstić information content (AvgIpc) is 3.56. The number of hydrogen-bond acceptors (Lipinski definition) is 7. The summed E-state index contributed by atoms with van der Waals surface area (Å²) in [6.45, 7) is 19.7. The van der Waals surface area contributed by atoms with Crippen LogP contribution in [0.5, 0.6) is 0 Å². The summed E-state index contributed by atoms with van der Waals surface area (Å²) in [5.74, 6) is -0.439. The lowest BCUT2D eigenvalue weighted by Crippen LogP contribution is -2.59. The number of ether oxygens (including phenoxy) is 1. The molecule has 7 atom stereocenters. The lowest BCUT2D eigenvalue weighted by molar-refractivity contribution is -0.146. The average molecular weight is 746 g/mol. The van der Waals surface area contributed by atoms with Gasteiger partial charge in [-0.3, -0.25) is 24.1 Å². The summed E-state index contributed by atoms with van der Waals surface area (Å²) in [7, 11) is 7.13. The number of benzene rings is 1. The molecule has 1 aliphatic heterocycles. The highest BCUT2D eigenvalue weighted by atomic mass is 32.2. The number of nitrogens with one attached hydrogen (secondary N) is 2. The number of carbonyl (C=O) groups excluding carboxylic acids is 4. The third-order valence-corrected chi connectivity index (χ3v) is 11.8. The molecule has 10 nitrogen and oxygen atoms in total. The third-order valence-electron chi connectivity index (χ3n) is 10.3. The van der Waals surface area contributed by atoms with Gasteiger partial charge in [0.1, 0.15) is 6.04 Å². The number of amides is 4. The van der Waals surface area contributed by atoms with Crippen LogP contribution in [0.4, 0.5) is 0 Å². The van der Waals surface area contributed by atoms with Crippen molar-refractivity contribution in [1.29, 1.82) is 0 Å². The minimum Gasteiger partial charge on any atom is -0.379 e. The van der Waals surface area contributed by atoms with E-state index in [1.165, 1.54) is 5.56 Å². The highest BCUT2D eigenvalue weighted by molar-refractivity contribution is 8.01. The van der Waals surface area contributed by atoms with Crippen LogP contribution in [0.15, 0.2) is 30.3 Å². The molecule has 1 fully saturated rings. The van der Waals surface area contributed by atoms with E-state index in [1.54, 1.807) is 30.8 Å². The second-order valence-corrected chi connectivity index (χ2v) is 18.6. The van der Waals surface area contributed by atoms with Crippen LogP contribution in [0.25, 0.3) is 0 Å². The molecular formula is C41H71N5O5S. The summed E-state index contributed by atoms with van der Waals surface area (Å²) in [5, 5.41) is 6.12. The monoisotopic (exact) mass is 746 g/mol. The smallest absolute Gasteiger partial charge is 0.245 e. The molecule has 296 valence electrons. The van der Waals surface area contributed by atoms with Crippen LogP contribution in [0.1, 0.15) is 100.0 Å². The number of hydrogen-bond donors (Lipinski definition) is 2. The highest BCUT2D eigenvalue weighted by Gasteiger charge is 2.42. The van der Waals surface area contributed by atoms with Gasteiger partial charge in [-0.25, -0.2) is 0 Å². The SMILES string of the molecule is CCC(C)C(C(CC(=O)N1CCCC1[C@@H](CC(=O)NCCc1ccccc1)SC(C)(C)C)OC)N(C)C(=O)C(NC(=O)C(C(C)C)N(C)C)C(C)C. The van der Waals surface area contributed by atoms with Crippen LogP contribution in [0.3, 0.4) is 0 Å². The molecule has 2 rings (SSSR count). The fraction of sp³-hybridized carbons (Fsp3) is 0.756. The van der Waals surface area contributed by atoms with Crippen molar-refractivity contribution in [2.75, 3.05) is 41.3 Å². The molecule has 1 heterocycles. The predicted molar refractivity (Wildman–Crippen MR) is 214 cm³/mol. The molecular weight excluding hydrogens is 675 g/mol. The van der Waals surface area contributed by atoms with Crippen LogP contribution in [0.2, 0.25) is 0 Å². The van der Waals surface area contributed by atoms with Crippen molar-refractivity contribution in [3.63, 3.8) is 0 Å². The summed E-state index contributed by atoms with van der Waals surface area (Å²) in [6.07, 6.45) is 3.15. The summed E-state index contributed by atoms with van der Waals surface area (Å²) in [6, 6.07) is 8.55. The molecule has 6 unspecified atom stereocenters. The number of likely N-dealkylation sites (N-methyl/N-ethyl adjacent to an activating group) is 2. The molecule has 0 saturated carbocycles. The van der Waals surface area contributed by atoms with Crippen molar-refractivity contribution in [3.05, 3.63) is 35.9 Å². The normalized spacial score (nSPS) is 18.5. The Morgan fingerprint density at radius 2 is 1.62 bits per heavy atom. The van der Waals surface area contributed by atoms with Crippen molar-refractivity contribution in [2.24, 2.45) is 17.8 Å². The van der Waals surface area contributed by atoms with E-state index in [0.717, 1.165) is 25.7 Å². The zero-order valence-corrected chi connectivity index (χ0v) is 35.3. The zero-order valence-electron chi connectivity index (χ0n) is 34.5. The standard InChI is InChI=1S/C41H71N5O5S/c1-14-29(6)38(45(12)40(50)36(27(2)3)43-39(49)37(28(4)5)44(10)11)32(51-13)25-35(48)46-24-18-21-31(46)33(52-41(7,8)9)26-34(47)42-23-22-30-19-16-15-17-20-30/h15-17,19-20,27-29,31-33,36-38H,14,18,21-26H2,1-13H3,(H,42,47)(H,43,49)/t29?,31?,32?,33-,36?,37?,38?/m1/s1. The maximum absolute atomic E-state index is 14.3. The number of nitrogens with zero attached hydrogens (tertiary/aromatic N) is 3. The van der Waals surface area contributed by atoms with Crippen LogP contribution < -0.4 is 10.6 Å². The van der Waals surface area contributed by atoms with E-state index in [4.69, 9.17) is 4.74 Å².